The molecule has 16 heavy (non-hydrogen) atoms. The Hall–Kier alpha value is -1.15. The Labute approximate surface area is 101 Å². The Morgan fingerprint density at radius 2 is 1.94 bits per heavy atom. The Kier molecular flexibility index (Phi) is 4.11. The maximum absolute atomic E-state index is 4.48. The predicted octanol–water partition coefficient (Wildman–Crippen LogP) is 4.54. The van der Waals surface area contributed by atoms with Crippen LogP contribution in [-0.4, -0.2) is 4.98 Å². The van der Waals surface area contributed by atoms with Gasteiger partial charge in [0.15, 0.2) is 0 Å². The molecule has 1 heterocycles. The number of rotatable bonds is 5. The van der Waals surface area contributed by atoms with E-state index in [1.807, 2.05) is 23.6 Å². The van der Waals surface area contributed by atoms with Gasteiger partial charge >= 0.3 is 0 Å². The molecule has 0 saturated carbocycles. The van der Waals surface area contributed by atoms with Crippen molar-refractivity contribution in [1.29, 1.82) is 0 Å². The van der Waals surface area contributed by atoms with Gasteiger partial charge in [-0.15, -0.1) is 11.3 Å². The van der Waals surface area contributed by atoms with Crippen LogP contribution in [0.1, 0.15) is 31.2 Å². The summed E-state index contributed by atoms with van der Waals surface area (Å²) in [5.74, 6) is 0. The van der Waals surface area contributed by atoms with Crippen LogP contribution in [0, 0.1) is 0 Å². The highest BCUT2D eigenvalue weighted by atomic mass is 32.1. The van der Waals surface area contributed by atoms with E-state index in [0.29, 0.717) is 0 Å². The number of thiazole rings is 1. The molecule has 0 saturated heterocycles. The number of hydrogen-bond acceptors (Lipinski definition) is 2. The van der Waals surface area contributed by atoms with Gasteiger partial charge in [0.25, 0.3) is 0 Å². The van der Waals surface area contributed by atoms with Gasteiger partial charge in [-0.1, -0.05) is 50.1 Å². The van der Waals surface area contributed by atoms with Gasteiger partial charge in [0.1, 0.15) is 0 Å². The minimum atomic E-state index is 1.13. The largest absolute Gasteiger partial charge is 0.249 e. The summed E-state index contributed by atoms with van der Waals surface area (Å²) in [6.45, 7) is 2.23. The molecule has 0 spiro atoms. The van der Waals surface area contributed by atoms with Gasteiger partial charge in [-0.2, -0.15) is 0 Å². The molecule has 1 aromatic carbocycles. The lowest BCUT2D eigenvalue weighted by Gasteiger charge is -1.95. The van der Waals surface area contributed by atoms with Crippen molar-refractivity contribution in [2.24, 2.45) is 0 Å². The van der Waals surface area contributed by atoms with E-state index in [9.17, 15) is 0 Å². The van der Waals surface area contributed by atoms with Crippen molar-refractivity contribution >= 4 is 11.3 Å². The minimum absolute atomic E-state index is 1.13. The van der Waals surface area contributed by atoms with Gasteiger partial charge in [-0.3, -0.25) is 0 Å². The second kappa shape index (κ2) is 5.80. The molecule has 2 aromatic rings. The molecule has 2 heteroatoms. The first-order valence-electron chi connectivity index (χ1n) is 5.90. The summed E-state index contributed by atoms with van der Waals surface area (Å²) in [6.07, 6.45) is 6.97. The van der Waals surface area contributed by atoms with E-state index < -0.39 is 0 Å². The highest BCUT2D eigenvalue weighted by Gasteiger charge is 2.03. The fraction of sp³-hybridized carbons (Fsp3) is 0.357. The fourth-order valence-electron chi connectivity index (χ4n) is 1.69. The van der Waals surface area contributed by atoms with Crippen LogP contribution in [0.4, 0.5) is 0 Å². The van der Waals surface area contributed by atoms with E-state index in [1.165, 1.54) is 34.7 Å². The third kappa shape index (κ3) is 2.92. The van der Waals surface area contributed by atoms with Crippen LogP contribution in [0.3, 0.4) is 0 Å². The van der Waals surface area contributed by atoms with Crippen LogP contribution in [0.15, 0.2) is 36.5 Å². The number of benzene rings is 1. The Balaban J connectivity index is 2.02. The molecule has 1 nitrogen and oxygen atoms in total. The lowest BCUT2D eigenvalue weighted by Crippen LogP contribution is -1.81. The van der Waals surface area contributed by atoms with E-state index in [4.69, 9.17) is 0 Å². The Bertz CT molecular complexity index is 419. The van der Waals surface area contributed by atoms with E-state index in [-0.39, 0.29) is 0 Å². The van der Waals surface area contributed by atoms with Crippen molar-refractivity contribution < 1.29 is 0 Å². The number of nitrogens with zero attached hydrogens (tertiary/aromatic N) is 1. The van der Waals surface area contributed by atoms with Crippen molar-refractivity contribution in [2.75, 3.05) is 0 Å². The van der Waals surface area contributed by atoms with E-state index >= 15 is 0 Å². The average molecular weight is 231 g/mol. The summed E-state index contributed by atoms with van der Waals surface area (Å²) in [5.41, 5.74) is 1.28. The molecule has 0 fully saturated rings. The molecule has 0 aliphatic heterocycles. The van der Waals surface area contributed by atoms with Crippen molar-refractivity contribution in [3.63, 3.8) is 0 Å². The molecular weight excluding hydrogens is 214 g/mol. The lowest BCUT2D eigenvalue weighted by atomic mass is 10.2. The molecule has 0 N–H and O–H groups in total. The third-order valence-electron chi connectivity index (χ3n) is 2.61. The standard InChI is InChI=1S/C14H17NS/c1-2-3-5-10-14-15-11-13(16-14)12-8-6-4-7-9-12/h4,6-9,11H,2-3,5,10H2,1H3. The summed E-state index contributed by atoms with van der Waals surface area (Å²) >= 11 is 1.83. The normalized spacial score (nSPS) is 10.6. The summed E-state index contributed by atoms with van der Waals surface area (Å²) in [4.78, 5) is 5.77. The second-order valence-corrected chi connectivity index (χ2v) is 5.06. The van der Waals surface area contributed by atoms with Crippen LogP contribution < -0.4 is 0 Å². The lowest BCUT2D eigenvalue weighted by molar-refractivity contribution is 0.715. The highest BCUT2D eigenvalue weighted by Crippen LogP contribution is 2.26. The molecule has 1 aromatic heterocycles. The summed E-state index contributed by atoms with van der Waals surface area (Å²) < 4.78 is 0. The van der Waals surface area contributed by atoms with Gasteiger partial charge in [-0.05, 0) is 18.4 Å². The number of aryl methyl sites for hydroxylation is 1. The Morgan fingerprint density at radius 1 is 1.12 bits per heavy atom. The topological polar surface area (TPSA) is 12.9 Å². The van der Waals surface area contributed by atoms with E-state index in [2.05, 4.69) is 36.2 Å². The van der Waals surface area contributed by atoms with Crippen molar-refractivity contribution in [3.05, 3.63) is 41.5 Å². The maximum atomic E-state index is 4.48. The first-order valence-corrected chi connectivity index (χ1v) is 6.72. The molecule has 0 amide bonds. The van der Waals surface area contributed by atoms with E-state index in [1.54, 1.807) is 0 Å². The first-order chi connectivity index (χ1) is 7.90. The Morgan fingerprint density at radius 3 is 2.69 bits per heavy atom. The van der Waals surface area contributed by atoms with Gasteiger partial charge in [0, 0.05) is 6.20 Å². The molecule has 0 radical (unpaired) electrons. The van der Waals surface area contributed by atoms with Crippen LogP contribution in [0.25, 0.3) is 10.4 Å². The van der Waals surface area contributed by atoms with Gasteiger partial charge < -0.3 is 0 Å². The first kappa shape index (κ1) is 11.3. The fourth-order valence-corrected chi connectivity index (χ4v) is 2.65. The van der Waals surface area contributed by atoms with Crippen LogP contribution in [0.5, 0.6) is 0 Å². The minimum Gasteiger partial charge on any atom is -0.249 e. The highest BCUT2D eigenvalue weighted by molar-refractivity contribution is 7.15. The van der Waals surface area contributed by atoms with Crippen LogP contribution in [-0.2, 0) is 6.42 Å². The van der Waals surface area contributed by atoms with Gasteiger partial charge in [0.2, 0.25) is 0 Å². The molecular formula is C14H17NS. The molecule has 2 rings (SSSR count). The quantitative estimate of drug-likeness (QED) is 0.688. The SMILES string of the molecule is CCCCCc1ncc(-c2ccccc2)s1. The zero-order chi connectivity index (χ0) is 11.2. The summed E-state index contributed by atoms with van der Waals surface area (Å²) in [7, 11) is 0. The zero-order valence-electron chi connectivity index (χ0n) is 9.65. The summed E-state index contributed by atoms with van der Waals surface area (Å²) in [6, 6.07) is 10.5. The molecule has 0 atom stereocenters. The number of unbranched alkanes of at least 4 members (excludes halogenated alkanes) is 2. The molecule has 0 aliphatic rings. The number of aromatic nitrogens is 1. The third-order valence-corrected chi connectivity index (χ3v) is 3.71. The molecule has 0 aliphatic carbocycles. The van der Waals surface area contributed by atoms with Gasteiger partial charge in [-0.25, -0.2) is 4.98 Å². The average Bonchev–Trinajstić information content (AvgIpc) is 2.79. The van der Waals surface area contributed by atoms with Crippen molar-refractivity contribution in [1.82, 2.24) is 4.98 Å². The van der Waals surface area contributed by atoms with Crippen LogP contribution in [0.2, 0.25) is 0 Å². The number of hydrogen-bond donors (Lipinski definition) is 0. The smallest absolute Gasteiger partial charge is 0.0931 e. The molecule has 0 unspecified atom stereocenters. The maximum Gasteiger partial charge on any atom is 0.0931 e. The van der Waals surface area contributed by atoms with Crippen molar-refractivity contribution in [2.45, 2.75) is 32.6 Å². The summed E-state index contributed by atoms with van der Waals surface area (Å²) in [5, 5.41) is 1.27. The molecule has 0 bridgehead atoms. The molecule has 84 valence electrons. The monoisotopic (exact) mass is 231 g/mol. The van der Waals surface area contributed by atoms with Gasteiger partial charge in [0.05, 0.1) is 9.88 Å². The predicted molar refractivity (Wildman–Crippen MR) is 70.8 cm³/mol. The van der Waals surface area contributed by atoms with Crippen molar-refractivity contribution in [3.8, 4) is 10.4 Å². The van der Waals surface area contributed by atoms with E-state index in [0.717, 1.165) is 6.42 Å². The van der Waals surface area contributed by atoms with Crippen LogP contribution >= 0.6 is 11.3 Å². The second-order valence-electron chi connectivity index (χ2n) is 3.94. The zero-order valence-corrected chi connectivity index (χ0v) is 10.5.